The van der Waals surface area contributed by atoms with Crippen molar-refractivity contribution in [1.82, 2.24) is 4.90 Å². The maximum atomic E-state index is 9.90. The first-order valence-electron chi connectivity index (χ1n) is 7.82. The van der Waals surface area contributed by atoms with Gasteiger partial charge in [0.15, 0.2) is 0 Å². The van der Waals surface area contributed by atoms with E-state index in [1.807, 2.05) is 6.92 Å². The Morgan fingerprint density at radius 1 is 1.25 bits per heavy atom. The standard InChI is InChI=1S/C17H28N2O/c1-17(20,14-18)10-4-5-11-19-12-6-9-15-7-2-3-8-16(15)13-19/h2-3,7-8,20H,4-6,9-14,18H2,1H3. The molecule has 0 aromatic heterocycles. The summed E-state index contributed by atoms with van der Waals surface area (Å²) >= 11 is 0. The van der Waals surface area contributed by atoms with Crippen LogP contribution in [0.2, 0.25) is 0 Å². The first kappa shape index (κ1) is 15.5. The van der Waals surface area contributed by atoms with Crippen LogP contribution in [0.4, 0.5) is 0 Å². The summed E-state index contributed by atoms with van der Waals surface area (Å²) in [5, 5.41) is 9.90. The predicted octanol–water partition coefficient (Wildman–Crippen LogP) is 2.31. The van der Waals surface area contributed by atoms with Crippen molar-refractivity contribution in [1.29, 1.82) is 0 Å². The maximum Gasteiger partial charge on any atom is 0.0741 e. The van der Waals surface area contributed by atoms with Crippen LogP contribution in [0.15, 0.2) is 24.3 Å². The van der Waals surface area contributed by atoms with E-state index in [1.54, 1.807) is 0 Å². The third kappa shape index (κ3) is 4.58. The van der Waals surface area contributed by atoms with Gasteiger partial charge in [-0.2, -0.15) is 0 Å². The molecule has 0 aliphatic carbocycles. The molecule has 1 heterocycles. The first-order chi connectivity index (χ1) is 9.61. The monoisotopic (exact) mass is 276 g/mol. The molecule has 1 aromatic rings. The van der Waals surface area contributed by atoms with Crippen LogP contribution in [0.3, 0.4) is 0 Å². The van der Waals surface area contributed by atoms with Crippen LogP contribution in [0.25, 0.3) is 0 Å². The molecule has 0 amide bonds. The molecular formula is C17H28N2O. The summed E-state index contributed by atoms with van der Waals surface area (Å²) in [6, 6.07) is 8.80. The lowest BCUT2D eigenvalue weighted by molar-refractivity contribution is 0.0563. The number of nitrogens with zero attached hydrogens (tertiary/aromatic N) is 1. The zero-order valence-corrected chi connectivity index (χ0v) is 12.6. The minimum absolute atomic E-state index is 0.351. The lowest BCUT2D eigenvalue weighted by Crippen LogP contribution is -2.34. The largest absolute Gasteiger partial charge is 0.389 e. The number of fused-ring (bicyclic) bond motifs is 1. The molecular weight excluding hydrogens is 248 g/mol. The molecule has 0 fully saturated rings. The molecule has 0 saturated heterocycles. The number of rotatable bonds is 6. The van der Waals surface area contributed by atoms with Gasteiger partial charge in [0.25, 0.3) is 0 Å². The molecule has 1 unspecified atom stereocenters. The fourth-order valence-electron chi connectivity index (χ4n) is 2.90. The first-order valence-corrected chi connectivity index (χ1v) is 7.82. The van der Waals surface area contributed by atoms with E-state index < -0.39 is 5.60 Å². The van der Waals surface area contributed by atoms with Crippen LogP contribution in [-0.4, -0.2) is 35.2 Å². The van der Waals surface area contributed by atoms with Crippen molar-refractivity contribution < 1.29 is 5.11 Å². The van der Waals surface area contributed by atoms with Crippen molar-refractivity contribution in [3.05, 3.63) is 35.4 Å². The molecule has 2 rings (SSSR count). The van der Waals surface area contributed by atoms with Crippen LogP contribution >= 0.6 is 0 Å². The maximum absolute atomic E-state index is 9.90. The highest BCUT2D eigenvalue weighted by atomic mass is 16.3. The average Bonchev–Trinajstić information content (AvgIpc) is 2.65. The van der Waals surface area contributed by atoms with Crippen LogP contribution in [0, 0.1) is 0 Å². The van der Waals surface area contributed by atoms with E-state index in [-0.39, 0.29) is 0 Å². The molecule has 0 saturated carbocycles. The Hall–Kier alpha value is -0.900. The van der Waals surface area contributed by atoms with Crippen molar-refractivity contribution in [2.75, 3.05) is 19.6 Å². The van der Waals surface area contributed by atoms with Crippen molar-refractivity contribution in [2.24, 2.45) is 5.73 Å². The Labute approximate surface area is 122 Å². The molecule has 1 aromatic carbocycles. The molecule has 1 aliphatic heterocycles. The second kappa shape index (κ2) is 7.21. The van der Waals surface area contributed by atoms with E-state index in [9.17, 15) is 5.11 Å². The molecule has 0 bridgehead atoms. The molecule has 112 valence electrons. The molecule has 20 heavy (non-hydrogen) atoms. The number of hydrogen-bond acceptors (Lipinski definition) is 3. The van der Waals surface area contributed by atoms with Gasteiger partial charge in [-0.15, -0.1) is 0 Å². The van der Waals surface area contributed by atoms with Gasteiger partial charge in [0.1, 0.15) is 0 Å². The second-order valence-corrected chi connectivity index (χ2v) is 6.31. The zero-order chi connectivity index (χ0) is 14.4. The SMILES string of the molecule is CC(O)(CN)CCCCN1CCCc2ccccc2C1. The normalized spacial score (nSPS) is 19.1. The second-order valence-electron chi connectivity index (χ2n) is 6.31. The summed E-state index contributed by atoms with van der Waals surface area (Å²) in [7, 11) is 0. The quantitative estimate of drug-likeness (QED) is 0.784. The van der Waals surface area contributed by atoms with Gasteiger partial charge in [-0.25, -0.2) is 0 Å². The molecule has 0 spiro atoms. The van der Waals surface area contributed by atoms with Gasteiger partial charge >= 0.3 is 0 Å². The number of aryl methyl sites for hydroxylation is 1. The van der Waals surface area contributed by atoms with Crippen molar-refractivity contribution in [3.8, 4) is 0 Å². The Bertz CT molecular complexity index is 417. The minimum atomic E-state index is -0.689. The summed E-state index contributed by atoms with van der Waals surface area (Å²) in [6.45, 7) is 5.56. The molecule has 3 N–H and O–H groups in total. The lowest BCUT2D eigenvalue weighted by atomic mass is 9.99. The van der Waals surface area contributed by atoms with Crippen LogP contribution < -0.4 is 5.73 Å². The Balaban J connectivity index is 1.77. The highest BCUT2D eigenvalue weighted by Gasteiger charge is 2.18. The lowest BCUT2D eigenvalue weighted by Gasteiger charge is -2.23. The van der Waals surface area contributed by atoms with Gasteiger partial charge in [0.05, 0.1) is 5.60 Å². The fourth-order valence-corrected chi connectivity index (χ4v) is 2.90. The van der Waals surface area contributed by atoms with Crippen molar-refractivity contribution >= 4 is 0 Å². The van der Waals surface area contributed by atoms with Crippen LogP contribution in [0.5, 0.6) is 0 Å². The zero-order valence-electron chi connectivity index (χ0n) is 12.6. The topological polar surface area (TPSA) is 49.5 Å². The number of unbranched alkanes of at least 4 members (excludes halogenated alkanes) is 1. The Morgan fingerprint density at radius 2 is 2.00 bits per heavy atom. The van der Waals surface area contributed by atoms with Gasteiger partial charge in [0.2, 0.25) is 0 Å². The van der Waals surface area contributed by atoms with Gasteiger partial charge < -0.3 is 10.8 Å². The smallest absolute Gasteiger partial charge is 0.0741 e. The number of aliphatic hydroxyl groups is 1. The van der Waals surface area contributed by atoms with Crippen LogP contribution in [0.1, 0.15) is 43.7 Å². The fraction of sp³-hybridized carbons (Fsp3) is 0.647. The predicted molar refractivity (Wildman–Crippen MR) is 83.6 cm³/mol. The van der Waals surface area contributed by atoms with E-state index in [1.165, 1.54) is 30.5 Å². The van der Waals surface area contributed by atoms with Crippen molar-refractivity contribution in [2.45, 2.75) is 51.2 Å². The molecule has 1 atom stereocenters. The summed E-state index contributed by atoms with van der Waals surface area (Å²) < 4.78 is 0. The van der Waals surface area contributed by atoms with Gasteiger partial charge in [0, 0.05) is 13.1 Å². The Kier molecular flexibility index (Phi) is 5.58. The number of nitrogens with two attached hydrogens (primary N) is 1. The van der Waals surface area contributed by atoms with Crippen molar-refractivity contribution in [3.63, 3.8) is 0 Å². The molecule has 0 radical (unpaired) electrons. The van der Waals surface area contributed by atoms with Gasteiger partial charge in [-0.1, -0.05) is 24.3 Å². The minimum Gasteiger partial charge on any atom is -0.389 e. The molecule has 1 aliphatic rings. The summed E-state index contributed by atoms with van der Waals surface area (Å²) in [5.41, 5.74) is 7.86. The number of benzene rings is 1. The summed E-state index contributed by atoms with van der Waals surface area (Å²) in [4.78, 5) is 2.54. The van der Waals surface area contributed by atoms with E-state index >= 15 is 0 Å². The number of hydrogen-bond donors (Lipinski definition) is 2. The van der Waals surface area contributed by atoms with E-state index in [0.717, 1.165) is 32.4 Å². The van der Waals surface area contributed by atoms with E-state index in [2.05, 4.69) is 29.2 Å². The third-order valence-electron chi connectivity index (χ3n) is 4.31. The van der Waals surface area contributed by atoms with Gasteiger partial charge in [-0.3, -0.25) is 4.90 Å². The highest BCUT2D eigenvalue weighted by Crippen LogP contribution is 2.19. The molecule has 3 nitrogen and oxygen atoms in total. The van der Waals surface area contributed by atoms with Crippen LogP contribution in [-0.2, 0) is 13.0 Å². The Morgan fingerprint density at radius 3 is 2.75 bits per heavy atom. The summed E-state index contributed by atoms with van der Waals surface area (Å²) in [6.07, 6.45) is 5.43. The average molecular weight is 276 g/mol. The third-order valence-corrected chi connectivity index (χ3v) is 4.31. The van der Waals surface area contributed by atoms with Gasteiger partial charge in [-0.05, 0) is 63.2 Å². The van der Waals surface area contributed by atoms with E-state index in [0.29, 0.717) is 6.54 Å². The molecule has 3 heteroatoms. The highest BCUT2D eigenvalue weighted by molar-refractivity contribution is 5.27. The summed E-state index contributed by atoms with van der Waals surface area (Å²) in [5.74, 6) is 0. The van der Waals surface area contributed by atoms with E-state index in [4.69, 9.17) is 5.73 Å².